The van der Waals surface area contributed by atoms with E-state index < -0.39 is 0 Å². The lowest BCUT2D eigenvalue weighted by atomic mass is 9.97. The third-order valence-corrected chi connectivity index (χ3v) is 3.56. The smallest absolute Gasteiger partial charge is 0.180 e. The molecular formula is C15H23ClN2O2. The monoisotopic (exact) mass is 298 g/mol. The maximum absolute atomic E-state index is 11.7. The molecule has 1 unspecified atom stereocenters. The van der Waals surface area contributed by atoms with Crippen LogP contribution in [0, 0.1) is 5.92 Å². The highest BCUT2D eigenvalue weighted by Gasteiger charge is 2.14. The summed E-state index contributed by atoms with van der Waals surface area (Å²) in [4.78, 5) is 11.7. The van der Waals surface area contributed by atoms with Gasteiger partial charge in [0.05, 0.1) is 18.7 Å². The molecule has 1 aliphatic heterocycles. The molecule has 0 aliphatic carbocycles. The lowest BCUT2D eigenvalue weighted by molar-refractivity contribution is 0.0997. The van der Waals surface area contributed by atoms with Gasteiger partial charge in [-0.3, -0.25) is 4.79 Å². The highest BCUT2D eigenvalue weighted by atomic mass is 35.5. The molecular weight excluding hydrogens is 276 g/mol. The second kappa shape index (κ2) is 8.95. The molecule has 1 aromatic carbocycles. The number of nitrogens with two attached hydrogens (primary N) is 1. The summed E-state index contributed by atoms with van der Waals surface area (Å²) in [5.74, 6) is 1.27. The number of hydrogen-bond donors (Lipinski definition) is 2. The zero-order valence-electron chi connectivity index (χ0n) is 11.6. The van der Waals surface area contributed by atoms with Gasteiger partial charge in [-0.15, -0.1) is 12.4 Å². The Balaban J connectivity index is 0.00000200. The molecule has 4 nitrogen and oxygen atoms in total. The summed E-state index contributed by atoms with van der Waals surface area (Å²) in [6, 6.07) is 7.32. The van der Waals surface area contributed by atoms with Crippen LogP contribution in [0.4, 0.5) is 0 Å². The molecule has 0 bridgehead atoms. The number of ether oxygens (including phenoxy) is 1. The quantitative estimate of drug-likeness (QED) is 0.789. The Labute approximate surface area is 126 Å². The highest BCUT2D eigenvalue weighted by Crippen LogP contribution is 2.20. The molecule has 2 rings (SSSR count). The summed E-state index contributed by atoms with van der Waals surface area (Å²) < 4.78 is 5.76. The lowest BCUT2D eigenvalue weighted by Crippen LogP contribution is -2.30. The van der Waals surface area contributed by atoms with Gasteiger partial charge in [0.1, 0.15) is 5.75 Å². The molecule has 5 heteroatoms. The topological polar surface area (TPSA) is 64.4 Å². The number of rotatable bonds is 6. The fourth-order valence-corrected chi connectivity index (χ4v) is 2.44. The molecule has 1 aromatic rings. The summed E-state index contributed by atoms with van der Waals surface area (Å²) in [6.07, 6.45) is 3.53. The van der Waals surface area contributed by atoms with Gasteiger partial charge in [0.2, 0.25) is 0 Å². The minimum atomic E-state index is -0.0741. The minimum Gasteiger partial charge on any atom is -0.493 e. The number of Topliss-reactive ketones (excluding diaryl/α,β-unsaturated/α-hetero) is 1. The number of para-hydroxylation sites is 1. The molecule has 1 aliphatic rings. The first-order valence-corrected chi connectivity index (χ1v) is 6.97. The van der Waals surface area contributed by atoms with Crippen LogP contribution in [0.5, 0.6) is 5.75 Å². The fourth-order valence-electron chi connectivity index (χ4n) is 2.44. The van der Waals surface area contributed by atoms with Crippen LogP contribution in [0.1, 0.15) is 29.6 Å². The van der Waals surface area contributed by atoms with Crippen molar-refractivity contribution < 1.29 is 9.53 Å². The van der Waals surface area contributed by atoms with E-state index >= 15 is 0 Å². The number of carbonyl (C=O) groups is 1. The van der Waals surface area contributed by atoms with Crippen LogP contribution < -0.4 is 15.8 Å². The minimum absolute atomic E-state index is 0. The van der Waals surface area contributed by atoms with Crippen LogP contribution in [-0.2, 0) is 0 Å². The van der Waals surface area contributed by atoms with Crippen LogP contribution in [0.3, 0.4) is 0 Å². The third kappa shape index (κ3) is 4.78. The Morgan fingerprint density at radius 2 is 2.20 bits per heavy atom. The van der Waals surface area contributed by atoms with Gasteiger partial charge >= 0.3 is 0 Å². The Morgan fingerprint density at radius 3 is 2.90 bits per heavy atom. The summed E-state index contributed by atoms with van der Waals surface area (Å²) in [5, 5.41) is 3.40. The zero-order chi connectivity index (χ0) is 13.5. The Morgan fingerprint density at radius 1 is 1.40 bits per heavy atom. The van der Waals surface area contributed by atoms with Crippen LogP contribution in [0.15, 0.2) is 24.3 Å². The molecule has 0 amide bonds. The first-order chi connectivity index (χ1) is 9.31. The van der Waals surface area contributed by atoms with Crippen molar-refractivity contribution in [2.45, 2.75) is 19.3 Å². The molecule has 3 N–H and O–H groups in total. The zero-order valence-corrected chi connectivity index (χ0v) is 12.5. The average molecular weight is 299 g/mol. The molecule has 0 spiro atoms. The normalized spacial score (nSPS) is 18.1. The van der Waals surface area contributed by atoms with E-state index in [4.69, 9.17) is 10.5 Å². The molecule has 1 fully saturated rings. The van der Waals surface area contributed by atoms with Gasteiger partial charge in [-0.25, -0.2) is 0 Å². The van der Waals surface area contributed by atoms with Gasteiger partial charge in [-0.2, -0.15) is 0 Å². The first-order valence-electron chi connectivity index (χ1n) is 6.97. The maximum atomic E-state index is 11.7. The van der Waals surface area contributed by atoms with Crippen molar-refractivity contribution in [1.29, 1.82) is 0 Å². The fraction of sp³-hybridized carbons (Fsp3) is 0.533. The summed E-state index contributed by atoms with van der Waals surface area (Å²) in [7, 11) is 0. The molecule has 1 heterocycles. The number of hydrogen-bond acceptors (Lipinski definition) is 4. The SMILES string of the molecule is Cl.NCC(=O)c1ccccc1OCCC1CCCNC1. The van der Waals surface area contributed by atoms with E-state index in [1.165, 1.54) is 12.8 Å². The molecule has 0 aromatic heterocycles. The van der Waals surface area contributed by atoms with E-state index in [0.29, 0.717) is 23.8 Å². The van der Waals surface area contributed by atoms with Crippen molar-refractivity contribution in [2.24, 2.45) is 11.7 Å². The molecule has 1 saturated heterocycles. The molecule has 0 saturated carbocycles. The predicted octanol–water partition coefficient (Wildman–Crippen LogP) is 2.02. The Kier molecular flexibility index (Phi) is 7.59. The summed E-state index contributed by atoms with van der Waals surface area (Å²) >= 11 is 0. The van der Waals surface area contributed by atoms with Crippen molar-refractivity contribution in [2.75, 3.05) is 26.2 Å². The van der Waals surface area contributed by atoms with Gasteiger partial charge in [0.25, 0.3) is 0 Å². The largest absolute Gasteiger partial charge is 0.493 e. The second-order valence-electron chi connectivity index (χ2n) is 4.97. The van der Waals surface area contributed by atoms with Crippen molar-refractivity contribution >= 4 is 18.2 Å². The van der Waals surface area contributed by atoms with Crippen LogP contribution in [0.25, 0.3) is 0 Å². The number of piperidine rings is 1. The lowest BCUT2D eigenvalue weighted by Gasteiger charge is -2.22. The van der Waals surface area contributed by atoms with E-state index in [2.05, 4.69) is 5.32 Å². The van der Waals surface area contributed by atoms with Crippen LogP contribution in [0.2, 0.25) is 0 Å². The highest BCUT2D eigenvalue weighted by molar-refractivity contribution is 5.99. The number of benzene rings is 1. The van der Waals surface area contributed by atoms with Crippen LogP contribution in [-0.4, -0.2) is 32.0 Å². The third-order valence-electron chi connectivity index (χ3n) is 3.56. The molecule has 1 atom stereocenters. The summed E-state index contributed by atoms with van der Waals surface area (Å²) in [6.45, 7) is 2.88. The van der Waals surface area contributed by atoms with Gasteiger partial charge in [0, 0.05) is 0 Å². The second-order valence-corrected chi connectivity index (χ2v) is 4.97. The van der Waals surface area contributed by atoms with Gasteiger partial charge < -0.3 is 15.8 Å². The van der Waals surface area contributed by atoms with E-state index in [1.807, 2.05) is 18.2 Å². The van der Waals surface area contributed by atoms with Crippen molar-refractivity contribution in [3.05, 3.63) is 29.8 Å². The molecule has 0 radical (unpaired) electrons. The van der Waals surface area contributed by atoms with E-state index in [-0.39, 0.29) is 24.7 Å². The number of ketones is 1. The Bertz CT molecular complexity index is 420. The standard InChI is InChI=1S/C15H22N2O2.ClH/c16-10-14(18)13-5-1-2-6-15(13)19-9-7-12-4-3-8-17-11-12;/h1-2,5-6,12,17H,3-4,7-11,16H2;1H. The van der Waals surface area contributed by atoms with Gasteiger partial charge in [-0.05, 0) is 50.4 Å². The van der Waals surface area contributed by atoms with Crippen molar-refractivity contribution in [3.8, 4) is 5.75 Å². The number of nitrogens with one attached hydrogen (secondary N) is 1. The van der Waals surface area contributed by atoms with Gasteiger partial charge in [-0.1, -0.05) is 12.1 Å². The molecule has 112 valence electrons. The first kappa shape index (κ1) is 17.0. The number of carbonyl (C=O) groups excluding carboxylic acids is 1. The molecule has 20 heavy (non-hydrogen) atoms. The summed E-state index contributed by atoms with van der Waals surface area (Å²) in [5.41, 5.74) is 5.99. The van der Waals surface area contributed by atoms with E-state index in [1.54, 1.807) is 6.07 Å². The van der Waals surface area contributed by atoms with Crippen LogP contribution >= 0.6 is 12.4 Å². The van der Waals surface area contributed by atoms with E-state index in [9.17, 15) is 4.79 Å². The Hall–Kier alpha value is -1.10. The maximum Gasteiger partial charge on any atom is 0.180 e. The average Bonchev–Trinajstić information content (AvgIpc) is 2.48. The predicted molar refractivity (Wildman–Crippen MR) is 82.8 cm³/mol. The van der Waals surface area contributed by atoms with Crippen molar-refractivity contribution in [1.82, 2.24) is 5.32 Å². The van der Waals surface area contributed by atoms with Gasteiger partial charge in [0.15, 0.2) is 5.78 Å². The van der Waals surface area contributed by atoms with Crippen molar-refractivity contribution in [3.63, 3.8) is 0 Å². The van der Waals surface area contributed by atoms with E-state index in [0.717, 1.165) is 19.5 Å². The number of halogens is 1.